The van der Waals surface area contributed by atoms with Gasteiger partial charge in [0.2, 0.25) is 0 Å². The van der Waals surface area contributed by atoms with E-state index < -0.39 is 0 Å². The summed E-state index contributed by atoms with van der Waals surface area (Å²) in [5.74, 6) is 7.92. The van der Waals surface area contributed by atoms with Crippen LogP contribution in [-0.4, -0.2) is 0 Å². The maximum absolute atomic E-state index is 2.84. The van der Waals surface area contributed by atoms with Crippen molar-refractivity contribution >= 4 is 0 Å². The summed E-state index contributed by atoms with van der Waals surface area (Å²) in [4.78, 5) is 0. The van der Waals surface area contributed by atoms with Gasteiger partial charge in [-0.05, 0) is 212 Å². The minimum atomic E-state index is 0.137. The molecule has 0 N–H and O–H groups in total. The van der Waals surface area contributed by atoms with Crippen molar-refractivity contribution in [2.45, 2.75) is 154 Å². The molecule has 272 valence electrons. The molecule has 12 aliphatic carbocycles. The lowest BCUT2D eigenvalue weighted by Crippen LogP contribution is -2.48. The molecular formula is C52H64. The van der Waals surface area contributed by atoms with Crippen molar-refractivity contribution in [3.05, 3.63) is 93.6 Å². The number of fused-ring (bicyclic) bond motifs is 3. The Kier molecular flexibility index (Phi) is 6.57. The zero-order chi connectivity index (χ0) is 34.8. The number of hydrogen-bond acceptors (Lipinski definition) is 0. The molecule has 0 spiro atoms. The van der Waals surface area contributed by atoms with Crippen LogP contribution < -0.4 is 0 Å². The lowest BCUT2D eigenvalue weighted by Gasteiger charge is -2.57. The van der Waals surface area contributed by atoms with E-state index >= 15 is 0 Å². The Morgan fingerprint density at radius 1 is 0.615 bits per heavy atom. The first-order valence-electron chi connectivity index (χ1n) is 22.4. The average Bonchev–Trinajstić information content (AvgIpc) is 3.78. The molecule has 0 radical (unpaired) electrons. The number of hydrogen-bond donors (Lipinski definition) is 0. The first kappa shape index (κ1) is 32.0. The van der Waals surface area contributed by atoms with Crippen LogP contribution in [0.25, 0.3) is 11.1 Å². The zero-order valence-electron chi connectivity index (χ0n) is 32.9. The van der Waals surface area contributed by atoms with E-state index in [0.29, 0.717) is 16.7 Å². The monoisotopic (exact) mass is 689 g/mol. The van der Waals surface area contributed by atoms with Crippen LogP contribution in [0.1, 0.15) is 165 Å². The van der Waals surface area contributed by atoms with Gasteiger partial charge in [0.05, 0.1) is 0 Å². The van der Waals surface area contributed by atoms with Gasteiger partial charge in [0, 0.05) is 11.3 Å². The summed E-state index contributed by atoms with van der Waals surface area (Å²) in [6.45, 7) is 10.1. The minimum absolute atomic E-state index is 0.137. The maximum atomic E-state index is 2.84. The Bertz CT molecular complexity index is 1790. The molecule has 0 heteroatoms. The highest BCUT2D eigenvalue weighted by Crippen LogP contribution is 2.68. The van der Waals surface area contributed by atoms with E-state index in [4.69, 9.17) is 0 Å². The molecule has 8 fully saturated rings. The van der Waals surface area contributed by atoms with Crippen molar-refractivity contribution in [1.29, 1.82) is 0 Å². The Morgan fingerprint density at radius 3 is 1.56 bits per heavy atom. The van der Waals surface area contributed by atoms with Crippen LogP contribution in [0.5, 0.6) is 0 Å². The van der Waals surface area contributed by atoms with Crippen LogP contribution in [0.3, 0.4) is 0 Å². The Balaban J connectivity index is 1.02. The molecular weight excluding hydrogens is 625 g/mol. The van der Waals surface area contributed by atoms with Crippen molar-refractivity contribution in [3.8, 4) is 11.1 Å². The van der Waals surface area contributed by atoms with Crippen molar-refractivity contribution in [3.63, 3.8) is 0 Å². The van der Waals surface area contributed by atoms with Crippen LogP contribution in [0, 0.1) is 58.2 Å². The first-order valence-corrected chi connectivity index (χ1v) is 22.4. The van der Waals surface area contributed by atoms with Crippen LogP contribution in [0.15, 0.2) is 71.3 Å². The molecule has 0 heterocycles. The molecule has 2 aromatic carbocycles. The van der Waals surface area contributed by atoms with E-state index in [9.17, 15) is 0 Å². The van der Waals surface area contributed by atoms with Gasteiger partial charge in [-0.25, -0.2) is 0 Å². The fourth-order valence-electron chi connectivity index (χ4n) is 17.1. The number of benzene rings is 2. The molecule has 0 nitrogen and oxygen atoms in total. The molecule has 14 rings (SSSR count). The predicted molar refractivity (Wildman–Crippen MR) is 215 cm³/mol. The molecule has 2 aromatic rings. The zero-order valence-corrected chi connectivity index (χ0v) is 32.9. The standard InChI is InChI=1S/C52H64/c1-49(2,3)40-22-45-46(37-8-6-5-7-9-37)30-50(4,47(45)23-40)48-41-12-10-38(51-24-31-14-32(25-51)16-33(15-31)26-51)20-43(41)44-21-39(11-13-42(44)48)52-27-34-17-35(28-52)19-36(18-34)29-52/h5-6,10-13,20-21,23,31-37,46,48H,7-9,14-19,22,24-30H2,1-4H3. The molecule has 3 unspecified atom stereocenters. The summed E-state index contributed by atoms with van der Waals surface area (Å²) in [7, 11) is 0. The summed E-state index contributed by atoms with van der Waals surface area (Å²) >= 11 is 0. The molecule has 0 amide bonds. The minimum Gasteiger partial charge on any atom is -0.0885 e. The predicted octanol–water partition coefficient (Wildman–Crippen LogP) is 13.8. The smallest absolute Gasteiger partial charge is 0.0196 e. The third-order valence-corrected chi connectivity index (χ3v) is 18.6. The van der Waals surface area contributed by atoms with E-state index in [2.05, 4.69) is 82.3 Å². The molecule has 52 heavy (non-hydrogen) atoms. The molecule has 0 aromatic heterocycles. The summed E-state index contributed by atoms with van der Waals surface area (Å²) in [6.07, 6.45) is 32.2. The Labute approximate surface area is 315 Å². The van der Waals surface area contributed by atoms with Crippen molar-refractivity contribution < 1.29 is 0 Å². The number of rotatable bonds is 4. The maximum Gasteiger partial charge on any atom is 0.0196 e. The highest BCUT2D eigenvalue weighted by molar-refractivity contribution is 5.82. The van der Waals surface area contributed by atoms with Gasteiger partial charge in [0.15, 0.2) is 0 Å². The van der Waals surface area contributed by atoms with Crippen molar-refractivity contribution in [2.24, 2.45) is 58.2 Å². The van der Waals surface area contributed by atoms with Gasteiger partial charge < -0.3 is 0 Å². The highest BCUT2D eigenvalue weighted by Gasteiger charge is 2.56. The molecule has 8 saturated carbocycles. The second-order valence-electron chi connectivity index (χ2n) is 22.7. The fourth-order valence-corrected chi connectivity index (χ4v) is 17.1. The largest absolute Gasteiger partial charge is 0.0885 e. The lowest BCUT2D eigenvalue weighted by atomic mass is 9.48. The summed E-state index contributed by atoms with van der Waals surface area (Å²) in [6, 6.07) is 16.5. The Morgan fingerprint density at radius 2 is 1.12 bits per heavy atom. The van der Waals surface area contributed by atoms with Gasteiger partial charge >= 0.3 is 0 Å². The van der Waals surface area contributed by atoms with Gasteiger partial charge in [-0.1, -0.05) is 93.5 Å². The van der Waals surface area contributed by atoms with Gasteiger partial charge in [-0.15, -0.1) is 0 Å². The molecule has 8 bridgehead atoms. The Hall–Kier alpha value is -2.34. The SMILES string of the molecule is CC(C)(C)C1=CC2=C(C1)C(C1CC=CCC1)CC2(C)C1c2ccc(C34CC5CC(CC(C5)C3)C4)cc2-c2cc(C34CC5CC(CC(C5)C3)C4)ccc21. The lowest BCUT2D eigenvalue weighted by molar-refractivity contribution is -0.00534. The molecule has 3 atom stereocenters. The third kappa shape index (κ3) is 4.45. The van der Waals surface area contributed by atoms with E-state index in [1.807, 2.05) is 5.57 Å². The summed E-state index contributed by atoms with van der Waals surface area (Å²) in [5.41, 5.74) is 16.7. The van der Waals surface area contributed by atoms with E-state index in [-0.39, 0.29) is 10.8 Å². The van der Waals surface area contributed by atoms with Gasteiger partial charge in [0.25, 0.3) is 0 Å². The topological polar surface area (TPSA) is 0 Å². The van der Waals surface area contributed by atoms with Gasteiger partial charge in [-0.2, -0.15) is 0 Å². The third-order valence-electron chi connectivity index (χ3n) is 18.6. The van der Waals surface area contributed by atoms with Gasteiger partial charge in [0.1, 0.15) is 0 Å². The summed E-state index contributed by atoms with van der Waals surface area (Å²) in [5, 5.41) is 0. The first-order chi connectivity index (χ1) is 25.1. The number of allylic oxidation sites excluding steroid dienone is 6. The quantitative estimate of drug-likeness (QED) is 0.281. The van der Waals surface area contributed by atoms with Crippen LogP contribution >= 0.6 is 0 Å². The molecule has 0 aliphatic heterocycles. The van der Waals surface area contributed by atoms with E-state index in [1.165, 1.54) is 109 Å². The van der Waals surface area contributed by atoms with Crippen LogP contribution in [-0.2, 0) is 10.8 Å². The van der Waals surface area contributed by atoms with Crippen molar-refractivity contribution in [2.75, 3.05) is 0 Å². The molecule has 0 saturated heterocycles. The van der Waals surface area contributed by atoms with Gasteiger partial charge in [-0.3, -0.25) is 0 Å². The second kappa shape index (κ2) is 10.7. The van der Waals surface area contributed by atoms with Crippen LogP contribution in [0.4, 0.5) is 0 Å². The molecule has 12 aliphatic rings. The highest BCUT2D eigenvalue weighted by atomic mass is 14.6. The van der Waals surface area contributed by atoms with E-state index in [1.54, 1.807) is 44.5 Å². The normalized spacial score (nSPS) is 44.8. The summed E-state index contributed by atoms with van der Waals surface area (Å²) < 4.78 is 0. The fraction of sp³-hybridized carbons (Fsp3) is 0.654. The average molecular weight is 689 g/mol. The van der Waals surface area contributed by atoms with Crippen molar-refractivity contribution in [1.82, 2.24) is 0 Å². The van der Waals surface area contributed by atoms with Crippen LogP contribution in [0.2, 0.25) is 0 Å². The second-order valence-corrected chi connectivity index (χ2v) is 22.7. The van der Waals surface area contributed by atoms with E-state index in [0.717, 1.165) is 47.3 Å².